The summed E-state index contributed by atoms with van der Waals surface area (Å²) in [6, 6.07) is 0. The summed E-state index contributed by atoms with van der Waals surface area (Å²) in [5, 5.41) is 0. The van der Waals surface area contributed by atoms with E-state index in [4.69, 9.17) is 9.47 Å². The molecule has 14 atom stereocenters. The third-order valence-corrected chi connectivity index (χ3v) is 11.7. The van der Waals surface area contributed by atoms with Crippen LogP contribution in [0.15, 0.2) is 0 Å². The highest BCUT2D eigenvalue weighted by molar-refractivity contribution is 5.72. The molecule has 4 heteroatoms. The lowest BCUT2D eigenvalue weighted by Gasteiger charge is -2.61. The Morgan fingerprint density at radius 1 is 0.517 bits per heavy atom. The third kappa shape index (κ3) is 1.86. The molecule has 8 aliphatic rings. The topological polar surface area (TPSA) is 52.6 Å². The maximum absolute atomic E-state index is 12.5. The van der Waals surface area contributed by atoms with Crippen LogP contribution < -0.4 is 0 Å². The molecule has 8 rings (SSSR count). The molecule has 4 bridgehead atoms. The minimum Gasteiger partial charge on any atom is -0.462 e. The number of carbonyl (C=O) groups excluding carboxylic acids is 2. The Morgan fingerprint density at radius 2 is 0.966 bits per heavy atom. The lowest BCUT2D eigenvalue weighted by Crippen LogP contribution is -2.59. The summed E-state index contributed by atoms with van der Waals surface area (Å²) in [4.78, 5) is 25.0. The largest absolute Gasteiger partial charge is 0.462 e. The van der Waals surface area contributed by atoms with Crippen LogP contribution in [0.5, 0.6) is 0 Å². The van der Waals surface area contributed by atoms with Gasteiger partial charge in [-0.15, -0.1) is 0 Å². The summed E-state index contributed by atoms with van der Waals surface area (Å²) in [6.45, 7) is 0. The Kier molecular flexibility index (Phi) is 3.09. The molecule has 0 unspecified atom stereocenters. The van der Waals surface area contributed by atoms with E-state index in [0.29, 0.717) is 31.1 Å². The third-order valence-electron chi connectivity index (χ3n) is 11.7. The Bertz CT molecular complexity index is 728. The smallest absolute Gasteiger partial charge is 0.306 e. The average Bonchev–Trinajstić information content (AvgIpc) is 3.44. The van der Waals surface area contributed by atoms with E-state index in [0.717, 1.165) is 72.0 Å². The summed E-state index contributed by atoms with van der Waals surface area (Å²) >= 11 is 0. The van der Waals surface area contributed by atoms with E-state index in [1.54, 1.807) is 0 Å². The van der Waals surface area contributed by atoms with Crippen LogP contribution in [0.3, 0.4) is 0 Å². The highest BCUT2D eigenvalue weighted by atomic mass is 16.5. The second kappa shape index (κ2) is 5.40. The van der Waals surface area contributed by atoms with Gasteiger partial charge in [0.1, 0.15) is 12.2 Å². The van der Waals surface area contributed by atoms with E-state index in [1.165, 1.54) is 25.7 Å². The molecule has 4 nitrogen and oxygen atoms in total. The number of fused-ring (bicyclic) bond motifs is 7. The molecule has 0 spiro atoms. The molecule has 0 radical (unpaired) electrons. The molecule has 1 heterocycles. The van der Waals surface area contributed by atoms with Gasteiger partial charge in [0.15, 0.2) is 0 Å². The van der Waals surface area contributed by atoms with Crippen LogP contribution in [-0.2, 0) is 19.1 Å². The molecule has 0 aromatic heterocycles. The van der Waals surface area contributed by atoms with Crippen molar-refractivity contribution in [2.75, 3.05) is 0 Å². The van der Waals surface area contributed by atoms with E-state index in [9.17, 15) is 9.59 Å². The molecule has 0 amide bonds. The van der Waals surface area contributed by atoms with Gasteiger partial charge in [-0.3, -0.25) is 9.59 Å². The molecular weight excluding hydrogens is 364 g/mol. The summed E-state index contributed by atoms with van der Waals surface area (Å²) < 4.78 is 12.1. The minimum atomic E-state index is -0.0777. The maximum Gasteiger partial charge on any atom is 0.306 e. The summed E-state index contributed by atoms with van der Waals surface area (Å²) in [7, 11) is 0. The van der Waals surface area contributed by atoms with Gasteiger partial charge >= 0.3 is 11.9 Å². The molecule has 0 aromatic rings. The summed E-state index contributed by atoms with van der Waals surface area (Å²) in [5.41, 5.74) is 0. The van der Waals surface area contributed by atoms with Gasteiger partial charge < -0.3 is 9.47 Å². The van der Waals surface area contributed by atoms with Crippen LogP contribution in [0.2, 0.25) is 0 Å². The predicted octanol–water partition coefficient (Wildman–Crippen LogP) is 3.82. The zero-order chi connectivity index (χ0) is 19.0. The number of hydrogen-bond donors (Lipinski definition) is 0. The van der Waals surface area contributed by atoms with Crippen molar-refractivity contribution in [2.45, 2.75) is 70.0 Å². The van der Waals surface area contributed by atoms with E-state index in [2.05, 4.69) is 0 Å². The van der Waals surface area contributed by atoms with Gasteiger partial charge in [0, 0.05) is 24.7 Å². The zero-order valence-electron chi connectivity index (χ0n) is 17.1. The molecule has 0 aromatic carbocycles. The van der Waals surface area contributed by atoms with Gasteiger partial charge in [0.2, 0.25) is 0 Å². The van der Waals surface area contributed by atoms with Crippen molar-refractivity contribution >= 4 is 11.9 Å². The van der Waals surface area contributed by atoms with Gasteiger partial charge in [0.05, 0.1) is 0 Å². The standard InChI is InChI=1S/C25H32O4/c26-18-2-1-3-19(27)29-17-7-5-11-13-9-15(21(11)17)25-23(13)22-12-8-14(24(22)25)20-10(12)4-6-16(20)28-18/h10-17,20-25H,1-9H2/t10-,11-,12-,13-,14+,15+,16-,17-,20-,21-,22+,23+,24+,25+/m1/s1. The lowest BCUT2D eigenvalue weighted by molar-refractivity contribution is -0.172. The van der Waals surface area contributed by atoms with Crippen molar-refractivity contribution in [3.63, 3.8) is 0 Å². The second-order valence-electron chi connectivity index (χ2n) is 12.0. The van der Waals surface area contributed by atoms with Crippen molar-refractivity contribution < 1.29 is 19.1 Å². The molecule has 7 aliphatic carbocycles. The van der Waals surface area contributed by atoms with Gasteiger partial charge in [-0.1, -0.05) is 0 Å². The summed E-state index contributed by atoms with van der Waals surface area (Å²) in [6.07, 6.45) is 9.28. The first kappa shape index (κ1) is 16.6. The van der Waals surface area contributed by atoms with Crippen molar-refractivity contribution in [2.24, 2.45) is 71.0 Å². The first-order valence-corrected chi connectivity index (χ1v) is 12.6. The van der Waals surface area contributed by atoms with Crippen LogP contribution in [0.4, 0.5) is 0 Å². The zero-order valence-corrected chi connectivity index (χ0v) is 17.1. The van der Waals surface area contributed by atoms with Crippen molar-refractivity contribution in [3.05, 3.63) is 0 Å². The van der Waals surface area contributed by atoms with Crippen molar-refractivity contribution in [3.8, 4) is 0 Å². The monoisotopic (exact) mass is 396 g/mol. The number of esters is 2. The molecule has 1 saturated heterocycles. The highest BCUT2D eigenvalue weighted by Crippen LogP contribution is 2.81. The number of carbonyl (C=O) groups is 2. The Labute approximate surface area is 172 Å². The van der Waals surface area contributed by atoms with E-state index < -0.39 is 0 Å². The summed E-state index contributed by atoms with van der Waals surface area (Å²) in [5.74, 6) is 10.1. The minimum absolute atomic E-state index is 0.0777. The van der Waals surface area contributed by atoms with Crippen LogP contribution in [0.25, 0.3) is 0 Å². The molecular formula is C25H32O4. The first-order valence-electron chi connectivity index (χ1n) is 12.6. The fourth-order valence-electron chi connectivity index (χ4n) is 11.5. The van der Waals surface area contributed by atoms with Crippen molar-refractivity contribution in [1.29, 1.82) is 0 Å². The van der Waals surface area contributed by atoms with Gasteiger partial charge in [-0.25, -0.2) is 0 Å². The normalized spacial score (nSPS) is 63.3. The van der Waals surface area contributed by atoms with E-state index in [-0.39, 0.29) is 24.1 Å². The Morgan fingerprint density at radius 3 is 1.45 bits per heavy atom. The van der Waals surface area contributed by atoms with Crippen LogP contribution in [-0.4, -0.2) is 24.1 Å². The molecule has 7 saturated carbocycles. The Balaban J connectivity index is 1.18. The molecule has 29 heavy (non-hydrogen) atoms. The fraction of sp³-hybridized carbons (Fsp3) is 0.920. The van der Waals surface area contributed by atoms with E-state index >= 15 is 0 Å². The van der Waals surface area contributed by atoms with Crippen LogP contribution >= 0.6 is 0 Å². The molecule has 1 aliphatic heterocycles. The van der Waals surface area contributed by atoms with Crippen molar-refractivity contribution in [1.82, 2.24) is 0 Å². The average molecular weight is 397 g/mol. The maximum atomic E-state index is 12.5. The van der Waals surface area contributed by atoms with Gasteiger partial charge in [-0.05, 0) is 104 Å². The Hall–Kier alpha value is -1.06. The molecule has 156 valence electrons. The fourth-order valence-corrected chi connectivity index (χ4v) is 11.5. The number of hydrogen-bond acceptors (Lipinski definition) is 4. The molecule has 0 N–H and O–H groups in total. The SMILES string of the molecule is O=C1CCCC(=O)O[C@@H]2CC[C@@H]3[C@H]4C[C@H]([C@H]5[C@@H]4[C@@H]4[C@@H]6C[C@H]([C@@H]45)[C@H]4[C@@H]6CC[C@H]4O1)[C@@H]32. The second-order valence-corrected chi connectivity index (χ2v) is 12.0. The lowest BCUT2D eigenvalue weighted by atomic mass is 9.43. The quantitative estimate of drug-likeness (QED) is 0.584. The van der Waals surface area contributed by atoms with Crippen LogP contribution in [0.1, 0.15) is 57.8 Å². The first-order chi connectivity index (χ1) is 14.2. The molecule has 8 fully saturated rings. The highest BCUT2D eigenvalue weighted by Gasteiger charge is 2.78. The van der Waals surface area contributed by atoms with E-state index in [1.807, 2.05) is 0 Å². The van der Waals surface area contributed by atoms with Crippen LogP contribution in [0, 0.1) is 71.0 Å². The number of rotatable bonds is 0. The predicted molar refractivity (Wildman–Crippen MR) is 103 cm³/mol. The van der Waals surface area contributed by atoms with Gasteiger partial charge in [-0.2, -0.15) is 0 Å². The number of ether oxygens (including phenoxy) is 2. The van der Waals surface area contributed by atoms with Gasteiger partial charge in [0.25, 0.3) is 0 Å².